The fourth-order valence-corrected chi connectivity index (χ4v) is 1.40. The highest BCUT2D eigenvalue weighted by Gasteiger charge is 2.58. The van der Waals surface area contributed by atoms with Crippen LogP contribution in [0.15, 0.2) is 24.3 Å². The van der Waals surface area contributed by atoms with Crippen LogP contribution in [-0.4, -0.2) is 23.2 Å². The minimum absolute atomic E-state index is 0.0935. The summed E-state index contributed by atoms with van der Waals surface area (Å²) >= 11 is 0. The summed E-state index contributed by atoms with van der Waals surface area (Å²) < 4.78 is 66.2. The third kappa shape index (κ3) is 4.16. The van der Waals surface area contributed by atoms with Gasteiger partial charge >= 0.3 is 18.1 Å². The van der Waals surface area contributed by atoms with E-state index < -0.39 is 30.6 Å². The molecule has 1 aromatic carbocycles. The fraction of sp³-hybridized carbons (Fsp3) is 0.417. The zero-order valence-electron chi connectivity index (χ0n) is 10.2. The van der Waals surface area contributed by atoms with Crippen LogP contribution in [0.1, 0.15) is 25.0 Å². The smallest absolute Gasteiger partial charge is 0.427 e. The van der Waals surface area contributed by atoms with Crippen molar-refractivity contribution in [2.75, 3.05) is 0 Å². The molecule has 0 amide bonds. The largest absolute Gasteiger partial charge is 0.453 e. The predicted octanol–water partition coefficient (Wildman–Crippen LogP) is 3.23. The van der Waals surface area contributed by atoms with Crippen molar-refractivity contribution in [3.8, 4) is 5.75 Å². The van der Waals surface area contributed by atoms with E-state index in [2.05, 4.69) is 4.74 Å². The molecule has 112 valence electrons. The summed E-state index contributed by atoms with van der Waals surface area (Å²) in [5.74, 6) is -5.50. The van der Waals surface area contributed by atoms with Gasteiger partial charge in [0.1, 0.15) is 5.75 Å². The third-order valence-electron chi connectivity index (χ3n) is 2.39. The Hall–Kier alpha value is -1.70. The van der Waals surface area contributed by atoms with Crippen molar-refractivity contribution in [1.29, 1.82) is 0 Å². The molecule has 0 radical (unpaired) electrons. The summed E-state index contributed by atoms with van der Waals surface area (Å²) in [4.78, 5) is 10.6. The highest BCUT2D eigenvalue weighted by molar-refractivity contribution is 5.69. The number of rotatable bonds is 4. The summed E-state index contributed by atoms with van der Waals surface area (Å²) in [5.41, 5.74) is -0.134. The first-order chi connectivity index (χ1) is 9.03. The van der Waals surface area contributed by atoms with Gasteiger partial charge in [0.2, 0.25) is 0 Å². The van der Waals surface area contributed by atoms with E-state index in [0.717, 1.165) is 19.1 Å². The Morgan fingerprint density at radius 2 is 1.70 bits per heavy atom. The van der Waals surface area contributed by atoms with Gasteiger partial charge in [0.15, 0.2) is 0 Å². The highest BCUT2D eigenvalue weighted by atomic mass is 19.4. The van der Waals surface area contributed by atoms with E-state index in [1.807, 2.05) is 0 Å². The Bertz CT molecular complexity index is 467. The molecular weight excluding hydrogens is 287 g/mol. The molecule has 0 aliphatic heterocycles. The van der Waals surface area contributed by atoms with Crippen molar-refractivity contribution >= 4 is 5.97 Å². The van der Waals surface area contributed by atoms with Crippen molar-refractivity contribution in [2.24, 2.45) is 0 Å². The molecular formula is C12H11F5O3. The monoisotopic (exact) mass is 298 g/mol. The second-order valence-corrected chi connectivity index (χ2v) is 4.08. The molecule has 0 saturated carbocycles. The number of hydrogen-bond acceptors (Lipinski definition) is 3. The molecule has 1 unspecified atom stereocenters. The lowest BCUT2D eigenvalue weighted by Crippen LogP contribution is -2.37. The number of benzene rings is 1. The zero-order chi connectivity index (χ0) is 15.6. The van der Waals surface area contributed by atoms with Crippen LogP contribution in [0.4, 0.5) is 22.0 Å². The Labute approximate surface area is 111 Å². The maximum absolute atomic E-state index is 12.8. The normalized spacial score (nSPS) is 13.9. The number of aliphatic hydroxyl groups is 1. The maximum atomic E-state index is 12.8. The molecule has 0 fully saturated rings. The first-order valence-corrected chi connectivity index (χ1v) is 5.44. The number of aliphatic hydroxyl groups excluding tert-OH is 1. The highest BCUT2D eigenvalue weighted by Crippen LogP contribution is 2.41. The van der Waals surface area contributed by atoms with E-state index in [4.69, 9.17) is 0 Å². The topological polar surface area (TPSA) is 46.5 Å². The lowest BCUT2D eigenvalue weighted by molar-refractivity contribution is -0.290. The molecule has 0 saturated heterocycles. The van der Waals surface area contributed by atoms with E-state index in [1.54, 1.807) is 0 Å². The van der Waals surface area contributed by atoms with Crippen molar-refractivity contribution in [2.45, 2.75) is 31.5 Å². The van der Waals surface area contributed by atoms with Crippen LogP contribution in [0, 0.1) is 0 Å². The molecule has 8 heteroatoms. The second kappa shape index (κ2) is 5.74. The van der Waals surface area contributed by atoms with Crippen molar-refractivity contribution < 1.29 is 36.6 Å². The second-order valence-electron chi connectivity index (χ2n) is 4.08. The lowest BCUT2D eigenvalue weighted by Gasteiger charge is -2.22. The molecule has 1 rings (SSSR count). The van der Waals surface area contributed by atoms with E-state index in [-0.39, 0.29) is 11.3 Å². The van der Waals surface area contributed by atoms with E-state index in [0.29, 0.717) is 0 Å². The number of esters is 1. The SMILES string of the molecule is CC(=O)Oc1ccc(C(O)CC(F)(F)C(F)(F)F)cc1. The Balaban J connectivity index is 2.78. The molecule has 1 atom stereocenters. The molecule has 1 aromatic rings. The van der Waals surface area contributed by atoms with Crippen LogP contribution in [0.3, 0.4) is 0 Å². The van der Waals surface area contributed by atoms with Gasteiger partial charge in [-0.05, 0) is 17.7 Å². The van der Waals surface area contributed by atoms with Crippen LogP contribution in [0.25, 0.3) is 0 Å². The molecule has 0 heterocycles. The summed E-state index contributed by atoms with van der Waals surface area (Å²) in [6, 6.07) is 4.59. The zero-order valence-corrected chi connectivity index (χ0v) is 10.2. The van der Waals surface area contributed by atoms with Gasteiger partial charge in [-0.25, -0.2) is 0 Å². The van der Waals surface area contributed by atoms with Gasteiger partial charge in [-0.3, -0.25) is 4.79 Å². The van der Waals surface area contributed by atoms with Gasteiger partial charge in [0.05, 0.1) is 12.5 Å². The fourth-order valence-electron chi connectivity index (χ4n) is 1.40. The van der Waals surface area contributed by atoms with Crippen LogP contribution < -0.4 is 4.74 Å². The van der Waals surface area contributed by atoms with Gasteiger partial charge in [0.25, 0.3) is 0 Å². The van der Waals surface area contributed by atoms with Crippen molar-refractivity contribution in [1.82, 2.24) is 0 Å². The Kier molecular flexibility index (Phi) is 4.69. The number of carbonyl (C=O) groups excluding carboxylic acids is 1. The number of carbonyl (C=O) groups is 1. The van der Waals surface area contributed by atoms with Crippen LogP contribution in [0.5, 0.6) is 5.75 Å². The summed E-state index contributed by atoms with van der Waals surface area (Å²) in [5, 5.41) is 9.40. The van der Waals surface area contributed by atoms with Gasteiger partial charge in [-0.1, -0.05) is 12.1 Å². The molecule has 3 nitrogen and oxygen atoms in total. The number of hydrogen-bond donors (Lipinski definition) is 1. The molecule has 0 aromatic heterocycles. The number of halogens is 5. The summed E-state index contributed by atoms with van der Waals surface area (Å²) in [6.07, 6.45) is -9.48. The molecule has 0 spiro atoms. The van der Waals surface area contributed by atoms with E-state index >= 15 is 0 Å². The number of alkyl halides is 5. The quantitative estimate of drug-likeness (QED) is 0.527. The van der Waals surface area contributed by atoms with E-state index in [9.17, 15) is 31.9 Å². The number of ether oxygens (including phenoxy) is 1. The van der Waals surface area contributed by atoms with Gasteiger partial charge in [-0.2, -0.15) is 22.0 Å². The van der Waals surface area contributed by atoms with Gasteiger partial charge < -0.3 is 9.84 Å². The van der Waals surface area contributed by atoms with Gasteiger partial charge in [0, 0.05) is 6.92 Å². The van der Waals surface area contributed by atoms with Crippen LogP contribution >= 0.6 is 0 Å². The van der Waals surface area contributed by atoms with Crippen LogP contribution in [0.2, 0.25) is 0 Å². The average Bonchev–Trinajstić information content (AvgIpc) is 2.26. The van der Waals surface area contributed by atoms with Crippen molar-refractivity contribution in [3.63, 3.8) is 0 Å². The average molecular weight is 298 g/mol. The van der Waals surface area contributed by atoms with Gasteiger partial charge in [-0.15, -0.1) is 0 Å². The molecule has 0 aliphatic rings. The molecule has 0 bridgehead atoms. The van der Waals surface area contributed by atoms with E-state index in [1.165, 1.54) is 12.1 Å². The molecule has 20 heavy (non-hydrogen) atoms. The minimum atomic E-state index is -5.72. The first-order valence-electron chi connectivity index (χ1n) is 5.44. The summed E-state index contributed by atoms with van der Waals surface area (Å²) in [6.45, 7) is 1.15. The lowest BCUT2D eigenvalue weighted by atomic mass is 10.0. The molecule has 1 N–H and O–H groups in total. The first kappa shape index (κ1) is 16.4. The third-order valence-corrected chi connectivity index (χ3v) is 2.39. The van der Waals surface area contributed by atoms with Crippen molar-refractivity contribution in [3.05, 3.63) is 29.8 Å². The Morgan fingerprint density at radius 1 is 1.20 bits per heavy atom. The maximum Gasteiger partial charge on any atom is 0.453 e. The predicted molar refractivity (Wildman–Crippen MR) is 58.3 cm³/mol. The standard InChI is InChI=1S/C12H11F5O3/c1-7(18)20-9-4-2-8(3-5-9)10(19)6-11(13,14)12(15,16)17/h2-5,10,19H,6H2,1H3. The minimum Gasteiger partial charge on any atom is -0.427 e. The molecule has 0 aliphatic carbocycles. The van der Waals surface area contributed by atoms with Crippen LogP contribution in [-0.2, 0) is 4.79 Å². The summed E-state index contributed by atoms with van der Waals surface area (Å²) in [7, 11) is 0. The Morgan fingerprint density at radius 3 is 2.10 bits per heavy atom.